The van der Waals surface area contributed by atoms with Crippen LogP contribution in [0, 0.1) is 11.8 Å². The van der Waals surface area contributed by atoms with E-state index >= 15 is 0 Å². The summed E-state index contributed by atoms with van der Waals surface area (Å²) in [6, 6.07) is 5.63. The number of carboxylic acid groups (broad SMARTS) is 1. The molecule has 1 aromatic heterocycles. The van der Waals surface area contributed by atoms with Crippen LogP contribution in [-0.2, 0) is 11.0 Å². The molecule has 1 aromatic carbocycles. The summed E-state index contributed by atoms with van der Waals surface area (Å²) in [5.74, 6) is -3.01. The summed E-state index contributed by atoms with van der Waals surface area (Å²) in [7, 11) is 0. The number of rotatable bonds is 5. The molecule has 2 bridgehead atoms. The number of fused-ring (bicyclic) bond motifs is 3. The van der Waals surface area contributed by atoms with Gasteiger partial charge in [-0.3, -0.25) is 14.7 Å². The van der Waals surface area contributed by atoms with Crippen LogP contribution in [0.15, 0.2) is 24.3 Å². The van der Waals surface area contributed by atoms with Crippen molar-refractivity contribution >= 4 is 16.9 Å². The molecule has 38 heavy (non-hydrogen) atoms. The smallest absolute Gasteiger partial charge is 0.420 e. The average Bonchev–Trinajstić information content (AvgIpc) is 3.10. The molecule has 2 saturated heterocycles. The summed E-state index contributed by atoms with van der Waals surface area (Å²) in [6.07, 6.45) is -7.17. The topological polar surface area (TPSA) is 62.7 Å². The van der Waals surface area contributed by atoms with Crippen molar-refractivity contribution in [3.8, 4) is 5.75 Å². The van der Waals surface area contributed by atoms with Gasteiger partial charge in [0, 0.05) is 23.5 Å². The van der Waals surface area contributed by atoms with Crippen molar-refractivity contribution in [2.75, 3.05) is 0 Å². The maximum atomic E-state index is 14.2. The van der Waals surface area contributed by atoms with Crippen molar-refractivity contribution in [3.05, 3.63) is 35.5 Å². The number of benzene rings is 1. The van der Waals surface area contributed by atoms with E-state index in [-0.39, 0.29) is 60.6 Å². The van der Waals surface area contributed by atoms with Crippen molar-refractivity contribution in [3.63, 3.8) is 0 Å². The fourth-order valence-corrected chi connectivity index (χ4v) is 6.71. The van der Waals surface area contributed by atoms with E-state index < -0.39 is 41.7 Å². The first-order chi connectivity index (χ1) is 17.8. The van der Waals surface area contributed by atoms with Crippen LogP contribution in [0.1, 0.15) is 75.6 Å². The number of aliphatic carboxylic acids is 1. The van der Waals surface area contributed by atoms with Crippen LogP contribution in [0.5, 0.6) is 5.75 Å². The number of hydrogen-bond donors (Lipinski definition) is 1. The van der Waals surface area contributed by atoms with Crippen LogP contribution in [0.3, 0.4) is 0 Å². The first-order valence-electron chi connectivity index (χ1n) is 13.1. The molecule has 0 amide bonds. The molecule has 1 N–H and O–H groups in total. The number of nitrogens with zero attached hydrogens (tertiary/aromatic N) is 2. The minimum absolute atomic E-state index is 0.0368. The van der Waals surface area contributed by atoms with Gasteiger partial charge in [0.25, 0.3) is 0 Å². The van der Waals surface area contributed by atoms with E-state index in [4.69, 9.17) is 4.74 Å². The molecule has 3 aliphatic rings. The first kappa shape index (κ1) is 27.0. The Labute approximate surface area is 216 Å². The minimum Gasteiger partial charge on any atom is -0.490 e. The van der Waals surface area contributed by atoms with Gasteiger partial charge < -0.3 is 9.84 Å². The Kier molecular flexibility index (Phi) is 7.02. The second-order valence-corrected chi connectivity index (χ2v) is 10.9. The van der Waals surface area contributed by atoms with Crippen molar-refractivity contribution < 1.29 is 41.0 Å². The van der Waals surface area contributed by atoms with Gasteiger partial charge in [0.15, 0.2) is 0 Å². The van der Waals surface area contributed by atoms with Crippen LogP contribution >= 0.6 is 0 Å². The van der Waals surface area contributed by atoms with Crippen LogP contribution in [0.2, 0.25) is 0 Å². The maximum absolute atomic E-state index is 14.2. The van der Waals surface area contributed by atoms with E-state index in [1.807, 2.05) is 6.92 Å². The monoisotopic (exact) mass is 544 g/mol. The van der Waals surface area contributed by atoms with Crippen LogP contribution in [0.4, 0.5) is 26.3 Å². The number of piperidine rings is 1. The molecule has 5 rings (SSSR count). The SMILES string of the molecule is CC(c1ccc2c(C(F)(F)F)c(OC3CCC(C(F)(F)F)CC3)ccc2n1)N1C2CCC1CC(C(=O)O)C2. The van der Waals surface area contributed by atoms with Crippen molar-refractivity contribution in [1.29, 1.82) is 0 Å². The van der Waals surface area contributed by atoms with E-state index in [1.165, 1.54) is 18.2 Å². The number of halogens is 6. The molecule has 3 fully saturated rings. The lowest BCUT2D eigenvalue weighted by atomic mass is 9.87. The van der Waals surface area contributed by atoms with E-state index in [0.717, 1.165) is 12.8 Å². The lowest BCUT2D eigenvalue weighted by Crippen LogP contribution is -2.45. The van der Waals surface area contributed by atoms with Crippen molar-refractivity contribution in [1.82, 2.24) is 9.88 Å². The number of aromatic nitrogens is 1. The van der Waals surface area contributed by atoms with Crippen LogP contribution in [-0.4, -0.2) is 45.3 Å². The van der Waals surface area contributed by atoms with Gasteiger partial charge in [-0.05, 0) is 76.5 Å². The quantitative estimate of drug-likeness (QED) is 0.406. The summed E-state index contributed by atoms with van der Waals surface area (Å²) in [5.41, 5.74) is -0.208. The number of carboxylic acids is 1. The Morgan fingerprint density at radius 1 is 0.974 bits per heavy atom. The molecule has 3 unspecified atom stereocenters. The fourth-order valence-electron chi connectivity index (χ4n) is 6.71. The van der Waals surface area contributed by atoms with Gasteiger partial charge in [0.05, 0.1) is 29.2 Å². The molecule has 11 heteroatoms. The van der Waals surface area contributed by atoms with Gasteiger partial charge in [-0.2, -0.15) is 26.3 Å². The lowest BCUT2D eigenvalue weighted by molar-refractivity contribution is -0.185. The van der Waals surface area contributed by atoms with E-state index in [0.29, 0.717) is 18.5 Å². The molecule has 1 saturated carbocycles. The molecule has 2 aromatic rings. The molecule has 3 heterocycles. The molecule has 0 radical (unpaired) electrons. The predicted molar refractivity (Wildman–Crippen MR) is 127 cm³/mol. The van der Waals surface area contributed by atoms with Gasteiger partial charge in [0.2, 0.25) is 0 Å². The first-order valence-corrected chi connectivity index (χ1v) is 13.1. The largest absolute Gasteiger partial charge is 0.490 e. The predicted octanol–water partition coefficient (Wildman–Crippen LogP) is 7.14. The van der Waals surface area contributed by atoms with Crippen molar-refractivity contribution in [2.24, 2.45) is 11.8 Å². The molecule has 2 aliphatic heterocycles. The number of carbonyl (C=O) groups is 1. The zero-order valence-electron chi connectivity index (χ0n) is 20.9. The number of hydrogen-bond acceptors (Lipinski definition) is 4. The van der Waals surface area contributed by atoms with Crippen LogP contribution in [0.25, 0.3) is 10.9 Å². The minimum atomic E-state index is -4.75. The molecule has 208 valence electrons. The van der Waals surface area contributed by atoms with E-state index in [1.54, 1.807) is 6.07 Å². The molecule has 3 atom stereocenters. The Hall–Kier alpha value is -2.56. The molecular formula is C27H30F6N2O3. The fraction of sp³-hybridized carbons (Fsp3) is 0.630. The Bertz CT molecular complexity index is 1180. The second kappa shape index (κ2) is 9.88. The highest BCUT2D eigenvalue weighted by Gasteiger charge is 2.46. The normalized spacial score (nSPS) is 29.4. The number of ether oxygens (including phenoxy) is 1. The number of alkyl halides is 6. The third-order valence-electron chi connectivity index (χ3n) is 8.58. The van der Waals surface area contributed by atoms with Crippen molar-refractivity contribution in [2.45, 2.75) is 94.9 Å². The second-order valence-electron chi connectivity index (χ2n) is 10.9. The third-order valence-corrected chi connectivity index (χ3v) is 8.58. The molecule has 0 spiro atoms. The zero-order chi connectivity index (χ0) is 27.4. The summed E-state index contributed by atoms with van der Waals surface area (Å²) >= 11 is 0. The van der Waals surface area contributed by atoms with Gasteiger partial charge >= 0.3 is 18.3 Å². The highest BCUT2D eigenvalue weighted by molar-refractivity contribution is 5.85. The van der Waals surface area contributed by atoms with Gasteiger partial charge in [-0.25, -0.2) is 0 Å². The van der Waals surface area contributed by atoms with Gasteiger partial charge in [-0.1, -0.05) is 6.07 Å². The maximum Gasteiger partial charge on any atom is 0.420 e. The van der Waals surface area contributed by atoms with E-state index in [2.05, 4.69) is 9.88 Å². The van der Waals surface area contributed by atoms with Gasteiger partial charge in [-0.15, -0.1) is 0 Å². The Balaban J connectivity index is 1.39. The average molecular weight is 545 g/mol. The van der Waals surface area contributed by atoms with E-state index in [9.17, 15) is 36.2 Å². The molecular weight excluding hydrogens is 514 g/mol. The summed E-state index contributed by atoms with van der Waals surface area (Å²) < 4.78 is 87.2. The highest BCUT2D eigenvalue weighted by atomic mass is 19.4. The standard InChI is InChI=1S/C27H30F6N2O3/c1-14(35-17-4-5-18(35)13-15(12-17)25(36)37)21-9-8-20-22(34-21)10-11-23(24(20)27(31,32)33)38-19-6-2-16(3-7-19)26(28,29)30/h8-11,14-19H,2-7,12-13H2,1H3,(H,36,37). The summed E-state index contributed by atoms with van der Waals surface area (Å²) in [6.45, 7) is 1.94. The van der Waals surface area contributed by atoms with Gasteiger partial charge in [0.1, 0.15) is 11.3 Å². The Morgan fingerprint density at radius 2 is 1.61 bits per heavy atom. The van der Waals surface area contributed by atoms with Crippen LogP contribution < -0.4 is 4.74 Å². The number of pyridine rings is 1. The summed E-state index contributed by atoms with van der Waals surface area (Å²) in [5, 5.41) is 9.32. The zero-order valence-corrected chi connectivity index (χ0v) is 20.9. The third kappa shape index (κ3) is 5.18. The summed E-state index contributed by atoms with van der Waals surface area (Å²) in [4.78, 5) is 18.3. The highest BCUT2D eigenvalue weighted by Crippen LogP contribution is 2.46. The Morgan fingerprint density at radius 3 is 2.16 bits per heavy atom. The molecule has 5 nitrogen and oxygen atoms in total. The lowest BCUT2D eigenvalue weighted by Gasteiger charge is -2.41. The molecule has 1 aliphatic carbocycles.